The van der Waals surface area contributed by atoms with E-state index in [0.29, 0.717) is 6.54 Å². The van der Waals surface area contributed by atoms with Crippen LogP contribution in [0, 0.1) is 0 Å². The SMILES string of the molecule is CCCCNC(=O)CNCCCOCCC. The van der Waals surface area contributed by atoms with Gasteiger partial charge in [-0.15, -0.1) is 0 Å². The van der Waals surface area contributed by atoms with E-state index in [1.165, 1.54) is 0 Å². The molecular weight excluding hydrogens is 204 g/mol. The van der Waals surface area contributed by atoms with Crippen molar-refractivity contribution in [3.8, 4) is 0 Å². The number of nitrogens with one attached hydrogen (secondary N) is 2. The van der Waals surface area contributed by atoms with E-state index in [0.717, 1.165) is 52.0 Å². The van der Waals surface area contributed by atoms with Crippen molar-refractivity contribution in [2.45, 2.75) is 39.5 Å². The molecule has 0 saturated heterocycles. The monoisotopic (exact) mass is 230 g/mol. The second-order valence-corrected chi connectivity index (χ2v) is 3.85. The van der Waals surface area contributed by atoms with Gasteiger partial charge in [-0.3, -0.25) is 4.79 Å². The van der Waals surface area contributed by atoms with Gasteiger partial charge in [-0.2, -0.15) is 0 Å². The molecule has 2 N–H and O–H groups in total. The van der Waals surface area contributed by atoms with Crippen molar-refractivity contribution in [3.63, 3.8) is 0 Å². The minimum Gasteiger partial charge on any atom is -0.381 e. The molecule has 0 unspecified atom stereocenters. The van der Waals surface area contributed by atoms with E-state index < -0.39 is 0 Å². The molecule has 16 heavy (non-hydrogen) atoms. The van der Waals surface area contributed by atoms with Gasteiger partial charge < -0.3 is 15.4 Å². The van der Waals surface area contributed by atoms with Crippen LogP contribution in [0.3, 0.4) is 0 Å². The number of hydrogen-bond acceptors (Lipinski definition) is 3. The molecule has 0 radical (unpaired) electrons. The Morgan fingerprint density at radius 3 is 2.56 bits per heavy atom. The molecule has 0 aliphatic heterocycles. The summed E-state index contributed by atoms with van der Waals surface area (Å²) in [5.41, 5.74) is 0. The lowest BCUT2D eigenvalue weighted by atomic mass is 10.3. The van der Waals surface area contributed by atoms with Crippen LogP contribution in [0.4, 0.5) is 0 Å². The Hall–Kier alpha value is -0.610. The number of rotatable bonds is 11. The van der Waals surface area contributed by atoms with E-state index in [9.17, 15) is 4.79 Å². The van der Waals surface area contributed by atoms with Gasteiger partial charge in [0.2, 0.25) is 5.91 Å². The Morgan fingerprint density at radius 2 is 1.88 bits per heavy atom. The molecule has 1 amide bonds. The Kier molecular flexibility index (Phi) is 12.0. The van der Waals surface area contributed by atoms with E-state index in [1.54, 1.807) is 0 Å². The van der Waals surface area contributed by atoms with Crippen molar-refractivity contribution in [1.82, 2.24) is 10.6 Å². The third kappa shape index (κ3) is 11.5. The lowest BCUT2D eigenvalue weighted by Gasteiger charge is -2.06. The van der Waals surface area contributed by atoms with Crippen molar-refractivity contribution < 1.29 is 9.53 Å². The minimum absolute atomic E-state index is 0.0860. The molecule has 0 atom stereocenters. The number of carbonyl (C=O) groups is 1. The van der Waals surface area contributed by atoms with Crippen LogP contribution in [0.2, 0.25) is 0 Å². The topological polar surface area (TPSA) is 50.4 Å². The molecular formula is C12H26N2O2. The molecule has 96 valence electrons. The van der Waals surface area contributed by atoms with Crippen molar-refractivity contribution in [1.29, 1.82) is 0 Å². The first-order valence-corrected chi connectivity index (χ1v) is 6.36. The maximum Gasteiger partial charge on any atom is 0.233 e. The van der Waals surface area contributed by atoms with E-state index in [1.807, 2.05) is 0 Å². The molecule has 4 heteroatoms. The van der Waals surface area contributed by atoms with Crippen LogP contribution in [-0.2, 0) is 9.53 Å². The molecule has 0 saturated carbocycles. The zero-order chi connectivity index (χ0) is 12.1. The molecule has 0 aliphatic carbocycles. The molecule has 0 rings (SSSR count). The third-order valence-corrected chi connectivity index (χ3v) is 2.13. The molecule has 0 heterocycles. The van der Waals surface area contributed by atoms with E-state index in [4.69, 9.17) is 4.74 Å². The summed E-state index contributed by atoms with van der Waals surface area (Å²) < 4.78 is 5.33. The fourth-order valence-corrected chi connectivity index (χ4v) is 1.21. The highest BCUT2D eigenvalue weighted by molar-refractivity contribution is 5.77. The number of hydrogen-bond donors (Lipinski definition) is 2. The number of ether oxygens (including phenoxy) is 1. The first-order valence-electron chi connectivity index (χ1n) is 6.36. The highest BCUT2D eigenvalue weighted by Gasteiger charge is 1.98. The van der Waals surface area contributed by atoms with Crippen LogP contribution in [0.15, 0.2) is 0 Å². The Morgan fingerprint density at radius 1 is 1.06 bits per heavy atom. The Bertz CT molecular complexity index is 163. The average molecular weight is 230 g/mol. The van der Waals surface area contributed by atoms with E-state index >= 15 is 0 Å². The largest absolute Gasteiger partial charge is 0.381 e. The molecule has 0 aromatic rings. The van der Waals surface area contributed by atoms with E-state index in [-0.39, 0.29) is 5.91 Å². The minimum atomic E-state index is 0.0860. The van der Waals surface area contributed by atoms with Crippen LogP contribution in [0.5, 0.6) is 0 Å². The zero-order valence-electron chi connectivity index (χ0n) is 10.7. The van der Waals surface area contributed by atoms with Gasteiger partial charge in [0, 0.05) is 19.8 Å². The summed E-state index contributed by atoms with van der Waals surface area (Å²) in [5.74, 6) is 0.0860. The number of amides is 1. The van der Waals surface area contributed by atoms with Crippen LogP contribution in [0.1, 0.15) is 39.5 Å². The summed E-state index contributed by atoms with van der Waals surface area (Å²) in [7, 11) is 0. The number of unbranched alkanes of at least 4 members (excludes halogenated alkanes) is 1. The first-order chi connectivity index (χ1) is 7.81. The quantitative estimate of drug-likeness (QED) is 0.526. The lowest BCUT2D eigenvalue weighted by molar-refractivity contribution is -0.120. The summed E-state index contributed by atoms with van der Waals surface area (Å²) in [6, 6.07) is 0. The maximum absolute atomic E-state index is 11.2. The van der Waals surface area contributed by atoms with Crippen molar-refractivity contribution in [3.05, 3.63) is 0 Å². The number of carbonyl (C=O) groups excluding carboxylic acids is 1. The zero-order valence-corrected chi connectivity index (χ0v) is 10.7. The van der Waals surface area contributed by atoms with Gasteiger partial charge in [0.15, 0.2) is 0 Å². The summed E-state index contributed by atoms with van der Waals surface area (Å²) >= 11 is 0. The van der Waals surface area contributed by atoms with Crippen molar-refractivity contribution in [2.75, 3.05) is 32.8 Å². The molecule has 0 aromatic carbocycles. The summed E-state index contributed by atoms with van der Waals surface area (Å²) in [4.78, 5) is 11.2. The standard InChI is InChI=1S/C12H26N2O2/c1-3-5-8-14-12(15)11-13-7-6-10-16-9-4-2/h13H,3-11H2,1-2H3,(H,14,15). The van der Waals surface area contributed by atoms with E-state index in [2.05, 4.69) is 24.5 Å². The molecule has 0 spiro atoms. The molecule has 0 bridgehead atoms. The molecule has 0 fully saturated rings. The van der Waals surface area contributed by atoms with Gasteiger partial charge in [-0.05, 0) is 25.8 Å². The lowest BCUT2D eigenvalue weighted by Crippen LogP contribution is -2.34. The maximum atomic E-state index is 11.2. The normalized spacial score (nSPS) is 10.4. The van der Waals surface area contributed by atoms with Crippen molar-refractivity contribution >= 4 is 5.91 Å². The van der Waals surface area contributed by atoms with Crippen LogP contribution in [0.25, 0.3) is 0 Å². The highest BCUT2D eigenvalue weighted by atomic mass is 16.5. The second kappa shape index (κ2) is 12.5. The Balaban J connectivity index is 3.09. The first kappa shape index (κ1) is 15.4. The second-order valence-electron chi connectivity index (χ2n) is 3.85. The third-order valence-electron chi connectivity index (χ3n) is 2.13. The molecule has 0 aromatic heterocycles. The van der Waals surface area contributed by atoms with Gasteiger partial charge >= 0.3 is 0 Å². The van der Waals surface area contributed by atoms with Gasteiger partial charge in [0.25, 0.3) is 0 Å². The average Bonchev–Trinajstić information content (AvgIpc) is 2.28. The fourth-order valence-electron chi connectivity index (χ4n) is 1.21. The fraction of sp³-hybridized carbons (Fsp3) is 0.917. The predicted octanol–water partition coefficient (Wildman–Crippen LogP) is 1.31. The molecule has 0 aliphatic rings. The highest BCUT2D eigenvalue weighted by Crippen LogP contribution is 1.84. The van der Waals surface area contributed by atoms with Gasteiger partial charge in [0.05, 0.1) is 6.54 Å². The summed E-state index contributed by atoms with van der Waals surface area (Å²) in [5, 5.41) is 5.96. The molecule has 4 nitrogen and oxygen atoms in total. The van der Waals surface area contributed by atoms with Gasteiger partial charge in [-0.25, -0.2) is 0 Å². The summed E-state index contributed by atoms with van der Waals surface area (Å²) in [6.45, 7) is 7.86. The van der Waals surface area contributed by atoms with Crippen LogP contribution < -0.4 is 10.6 Å². The predicted molar refractivity (Wildman–Crippen MR) is 66.5 cm³/mol. The summed E-state index contributed by atoms with van der Waals surface area (Å²) in [6.07, 6.45) is 4.19. The van der Waals surface area contributed by atoms with Crippen LogP contribution >= 0.6 is 0 Å². The van der Waals surface area contributed by atoms with Crippen LogP contribution in [-0.4, -0.2) is 38.8 Å². The van der Waals surface area contributed by atoms with Gasteiger partial charge in [-0.1, -0.05) is 20.3 Å². The smallest absolute Gasteiger partial charge is 0.233 e. The van der Waals surface area contributed by atoms with Crippen molar-refractivity contribution in [2.24, 2.45) is 0 Å². The Labute approximate surface area is 99.1 Å². The van der Waals surface area contributed by atoms with Gasteiger partial charge in [0.1, 0.15) is 0 Å².